The number of hydrogen-bond acceptors (Lipinski definition) is 3. The highest BCUT2D eigenvalue weighted by Crippen LogP contribution is 2.57. The smallest absolute Gasteiger partial charge is 0.252 e. The number of rotatable bonds is 12. The molecule has 652 valence electrons. The van der Waals surface area contributed by atoms with Crippen LogP contribution in [0.1, 0.15) is 158 Å². The Morgan fingerprint density at radius 2 is 0.474 bits per heavy atom. The lowest BCUT2D eigenvalue weighted by molar-refractivity contribution is 0.590. The van der Waals surface area contributed by atoms with Gasteiger partial charge >= 0.3 is 0 Å². The van der Waals surface area contributed by atoms with Gasteiger partial charge in [0.2, 0.25) is 0 Å². The zero-order chi connectivity index (χ0) is 91.8. The summed E-state index contributed by atoms with van der Waals surface area (Å²) in [6.07, 6.45) is 0. The molecule has 0 saturated heterocycles. The van der Waals surface area contributed by atoms with Crippen LogP contribution < -0.4 is 31.1 Å². The Bertz CT molecular complexity index is 7710. The van der Waals surface area contributed by atoms with Gasteiger partial charge in [0.25, 0.3) is 6.71 Å². The molecule has 0 radical (unpaired) electrons. The van der Waals surface area contributed by atoms with E-state index in [2.05, 4.69) is 523 Å². The van der Waals surface area contributed by atoms with Gasteiger partial charge in [-0.25, -0.2) is 0 Å². The zero-order valence-corrected chi connectivity index (χ0v) is 80.0. The third-order valence-electron chi connectivity index (χ3n) is 28.5. The molecule has 0 N–H and O–H groups in total. The number of hydrogen-bond donors (Lipinski definition) is 0. The monoisotopic (exact) mass is 1720 g/mol. The van der Waals surface area contributed by atoms with Crippen molar-refractivity contribution in [2.45, 2.75) is 157 Å². The quantitative estimate of drug-likeness (QED) is 0.114. The minimum Gasteiger partial charge on any atom is -0.310 e. The summed E-state index contributed by atoms with van der Waals surface area (Å²) in [5.74, 6) is 0. The van der Waals surface area contributed by atoms with Crippen molar-refractivity contribution in [2.24, 2.45) is 0 Å². The van der Waals surface area contributed by atoms with Gasteiger partial charge in [0.05, 0.1) is 50.2 Å². The molecule has 5 heterocycles. The van der Waals surface area contributed by atoms with E-state index in [-0.39, 0.29) is 39.2 Å². The van der Waals surface area contributed by atoms with Crippen LogP contribution in [-0.2, 0) is 32.5 Å². The lowest BCUT2D eigenvalue weighted by Crippen LogP contribution is -2.61. The second-order valence-electron chi connectivity index (χ2n) is 43.5. The van der Waals surface area contributed by atoms with Gasteiger partial charge in [0, 0.05) is 106 Å². The predicted molar refractivity (Wildman–Crippen MR) is 572 cm³/mol. The van der Waals surface area contributed by atoms with Crippen molar-refractivity contribution in [3.8, 4) is 61.6 Å². The third kappa shape index (κ3) is 14.3. The minimum absolute atomic E-state index is 0.0999. The molecule has 0 fully saturated rings. The van der Waals surface area contributed by atoms with Gasteiger partial charge < -0.3 is 28.4 Å². The lowest BCUT2D eigenvalue weighted by Gasteiger charge is -2.46. The first kappa shape index (κ1) is 84.2. The SMILES string of the molecule is CC(C)(C)c1cc(-c2ccccc2)c(N2c3cc(-n4c5ccccc5c5cc(N(c6ccccc6)c6ccccc6)ccc54)ccc3B3c4ccc(-n5c6ccc(C(C)(C)C)cc6c6cc(C(C)(C)C)ccc65)cc4N(c4c(-c5ccccc5)cc(C(C)(C)C)cc4-c4ccccc4)c4cc(-n5c6ccc(C(C)(C)C)cc6c6cc(C(C)(C)C)ccc65)cc2c43)c(-c2ccccc2)c1. The Labute approximate surface area is 784 Å². The number of anilines is 9. The van der Waals surface area contributed by atoms with E-state index in [0.717, 1.165) is 140 Å². The van der Waals surface area contributed by atoms with E-state index in [0.29, 0.717) is 0 Å². The van der Waals surface area contributed by atoms with Gasteiger partial charge in [0.15, 0.2) is 0 Å². The van der Waals surface area contributed by atoms with E-state index in [4.69, 9.17) is 0 Å². The topological polar surface area (TPSA) is 24.5 Å². The Morgan fingerprint density at radius 3 is 0.797 bits per heavy atom. The van der Waals surface area contributed by atoms with Gasteiger partial charge in [0.1, 0.15) is 0 Å². The Kier molecular flexibility index (Phi) is 19.7. The number of nitrogens with zero attached hydrogens (tertiary/aromatic N) is 6. The van der Waals surface area contributed by atoms with E-state index >= 15 is 0 Å². The van der Waals surface area contributed by atoms with Crippen molar-refractivity contribution in [1.82, 2.24) is 13.7 Å². The van der Waals surface area contributed by atoms with Crippen molar-refractivity contribution < 1.29 is 0 Å². The predicted octanol–water partition coefficient (Wildman–Crippen LogP) is 33.0. The van der Waals surface area contributed by atoms with Crippen LogP contribution in [0.4, 0.5) is 51.2 Å². The molecule has 22 rings (SSSR count). The Hall–Kier alpha value is -14.4. The summed E-state index contributed by atoms with van der Waals surface area (Å²) in [5.41, 5.74) is 39.2. The van der Waals surface area contributed by atoms with Crippen LogP contribution in [0.15, 0.2) is 370 Å². The summed E-state index contributed by atoms with van der Waals surface area (Å²) < 4.78 is 7.78. The lowest BCUT2D eigenvalue weighted by atomic mass is 9.33. The van der Waals surface area contributed by atoms with E-state index in [1.54, 1.807) is 0 Å². The molecule has 0 unspecified atom stereocenters. The van der Waals surface area contributed by atoms with Gasteiger partial charge in [-0.15, -0.1) is 0 Å². The summed E-state index contributed by atoms with van der Waals surface area (Å²) in [6, 6.07) is 143. The maximum Gasteiger partial charge on any atom is 0.252 e. The van der Waals surface area contributed by atoms with Crippen molar-refractivity contribution in [3.05, 3.63) is 403 Å². The average Bonchev–Trinajstić information content (AvgIpc) is 1.32. The number of fused-ring (bicyclic) bond motifs is 13. The van der Waals surface area contributed by atoms with Gasteiger partial charge in [-0.2, -0.15) is 0 Å². The van der Waals surface area contributed by atoms with Gasteiger partial charge in [-0.1, -0.05) is 337 Å². The minimum atomic E-state index is -0.366. The second kappa shape index (κ2) is 31.1. The maximum absolute atomic E-state index is 2.78. The molecule has 0 aliphatic carbocycles. The highest BCUT2D eigenvalue weighted by Gasteiger charge is 2.47. The van der Waals surface area contributed by atoms with Crippen LogP contribution in [0.3, 0.4) is 0 Å². The summed E-state index contributed by atoms with van der Waals surface area (Å²) in [6.45, 7) is 42.1. The summed E-state index contributed by atoms with van der Waals surface area (Å²) in [7, 11) is 0. The van der Waals surface area contributed by atoms with Gasteiger partial charge in [-0.05, 0) is 262 Å². The van der Waals surface area contributed by atoms with Crippen LogP contribution in [0.2, 0.25) is 0 Å². The fraction of sp³-hybridized carbons (Fsp3) is 0.190. The first-order valence-corrected chi connectivity index (χ1v) is 47.6. The van der Waals surface area contributed by atoms with Crippen LogP contribution in [0.5, 0.6) is 0 Å². The first-order chi connectivity index (χ1) is 63.8. The van der Waals surface area contributed by atoms with Crippen LogP contribution in [-0.4, -0.2) is 20.4 Å². The van der Waals surface area contributed by atoms with E-state index in [9.17, 15) is 0 Å². The van der Waals surface area contributed by atoms with Crippen molar-refractivity contribution in [3.63, 3.8) is 0 Å². The molecule has 0 atom stereocenters. The average molecular weight is 1720 g/mol. The van der Waals surface area contributed by atoms with Gasteiger partial charge in [-0.3, -0.25) is 0 Å². The van der Waals surface area contributed by atoms with Crippen LogP contribution >= 0.6 is 0 Å². The Balaban J connectivity index is 0.941. The highest BCUT2D eigenvalue weighted by atomic mass is 15.2. The van der Waals surface area contributed by atoms with Crippen molar-refractivity contribution in [1.29, 1.82) is 0 Å². The standard InChI is InChI=1S/C126H115BN6/c1-121(2,3)84-53-62-109-101(67-84)102-68-85(122(4,5)6)54-63-110(102)130(109)94-58-61-107-115(77-94)133(120-99(82-43-29-21-30-44-82)73-89(126(16,17)18)74-100(120)83-45-31-22-32-46-83)117-79-95(131-111-64-55-86(123(7,8)9)69-103(111)104-70-87(124(10,11)12)56-65-112(104)131)78-116-118(117)127(107)106-60-57-93(76-114(106)132(116)119-97(80-39-25-19-26-40-80)71-88(125(13,14)15)72-98(119)81-41-27-20-28-42-81)129-108-52-38-37-51-96(108)105-75-92(59-66-113(105)129)128(90-47-33-23-34-48-90)91-49-35-24-36-50-91/h19-79H,1-18H3. The molecular formula is C126H115BN6. The zero-order valence-electron chi connectivity index (χ0n) is 80.0. The third-order valence-corrected chi connectivity index (χ3v) is 28.5. The molecule has 0 saturated carbocycles. The number of benzene rings is 17. The fourth-order valence-electron chi connectivity index (χ4n) is 21.3. The van der Waals surface area contributed by atoms with E-state index < -0.39 is 0 Å². The molecule has 17 aromatic carbocycles. The second-order valence-corrected chi connectivity index (χ2v) is 43.5. The number of aromatic nitrogens is 3. The molecule has 20 aromatic rings. The summed E-state index contributed by atoms with van der Waals surface area (Å²) in [5, 5.41) is 7.28. The normalized spacial score (nSPS) is 13.1. The van der Waals surface area contributed by atoms with Crippen LogP contribution in [0, 0.1) is 0 Å². The fourth-order valence-corrected chi connectivity index (χ4v) is 21.3. The molecule has 2 aliphatic rings. The molecule has 0 spiro atoms. The highest BCUT2D eigenvalue weighted by molar-refractivity contribution is 7.00. The van der Waals surface area contributed by atoms with Crippen LogP contribution in [0.25, 0.3) is 127 Å². The first-order valence-electron chi connectivity index (χ1n) is 47.6. The van der Waals surface area contributed by atoms with Crippen molar-refractivity contribution in [2.75, 3.05) is 14.7 Å². The van der Waals surface area contributed by atoms with E-state index in [1.165, 1.54) is 87.7 Å². The number of para-hydroxylation sites is 3. The Morgan fingerprint density at radius 1 is 0.203 bits per heavy atom. The molecule has 2 aliphatic heterocycles. The summed E-state index contributed by atoms with van der Waals surface area (Å²) >= 11 is 0. The largest absolute Gasteiger partial charge is 0.310 e. The molecule has 0 bridgehead atoms. The molecule has 6 nitrogen and oxygen atoms in total. The maximum atomic E-state index is 2.78. The molecule has 7 heteroatoms. The summed E-state index contributed by atoms with van der Waals surface area (Å²) in [4.78, 5) is 7.94. The molecular weight excluding hydrogens is 1610 g/mol. The molecule has 0 amide bonds. The molecule has 133 heavy (non-hydrogen) atoms. The molecule has 3 aromatic heterocycles. The van der Waals surface area contributed by atoms with E-state index in [1.807, 2.05) is 0 Å². The van der Waals surface area contributed by atoms with Crippen molar-refractivity contribution >= 4 is 140 Å².